The van der Waals surface area contributed by atoms with Crippen LogP contribution in [0.25, 0.3) is 0 Å². The van der Waals surface area contributed by atoms with E-state index in [-0.39, 0.29) is 40.4 Å². The molecule has 28 heavy (non-hydrogen) atoms. The molecule has 0 aliphatic heterocycles. The van der Waals surface area contributed by atoms with Crippen LogP contribution in [0.1, 0.15) is 38.9 Å². The van der Waals surface area contributed by atoms with Crippen LogP contribution in [0.5, 0.6) is 0 Å². The van der Waals surface area contributed by atoms with Gasteiger partial charge < -0.3 is 21.2 Å². The fourth-order valence-corrected chi connectivity index (χ4v) is 2.41. The van der Waals surface area contributed by atoms with Gasteiger partial charge in [-0.1, -0.05) is 0 Å². The second-order valence-electron chi connectivity index (χ2n) is 5.42. The molecule has 8 nitrogen and oxygen atoms in total. The number of alkyl halides is 1. The van der Waals surface area contributed by atoms with Crippen LogP contribution < -0.4 is 11.1 Å². The normalized spacial score (nSPS) is 10.2. The van der Waals surface area contributed by atoms with Gasteiger partial charge in [0.2, 0.25) is 11.7 Å². The summed E-state index contributed by atoms with van der Waals surface area (Å²) in [6.07, 6.45) is 1.86. The van der Waals surface area contributed by atoms with Gasteiger partial charge in [-0.05, 0) is 25.1 Å². The highest BCUT2D eigenvalue weighted by molar-refractivity contribution is 6.29. The van der Waals surface area contributed by atoms with Crippen LogP contribution in [0.2, 0.25) is 0 Å². The number of carbonyl (C=O) groups is 3. The summed E-state index contributed by atoms with van der Waals surface area (Å²) in [6, 6.07) is 3.36. The van der Waals surface area contributed by atoms with E-state index >= 15 is 0 Å². The number of anilines is 2. The number of hydrogen-bond donors (Lipinski definition) is 3. The van der Waals surface area contributed by atoms with Gasteiger partial charge in [-0.2, -0.15) is 0 Å². The minimum absolute atomic E-state index is 0.00849. The number of benzene rings is 1. The Bertz CT molecular complexity index is 965. The lowest BCUT2D eigenvalue weighted by atomic mass is 9.98. The average Bonchev–Trinajstić information content (AvgIpc) is 2.69. The molecule has 0 radical (unpaired) electrons. The molecule has 4 N–H and O–H groups in total. The van der Waals surface area contributed by atoms with Gasteiger partial charge in [0.1, 0.15) is 17.4 Å². The number of halogens is 2. The summed E-state index contributed by atoms with van der Waals surface area (Å²) in [5.41, 5.74) is 4.70. The number of hydrogen-bond acceptors (Lipinski definition) is 7. The first-order valence-electron chi connectivity index (χ1n) is 8.00. The molecule has 0 bridgehead atoms. The minimum atomic E-state index is -0.781. The summed E-state index contributed by atoms with van der Waals surface area (Å²) in [5, 5.41) is 9.81. The Morgan fingerprint density at radius 2 is 2.11 bits per heavy atom. The van der Waals surface area contributed by atoms with Crippen LogP contribution in [-0.2, 0) is 9.53 Å². The maximum atomic E-state index is 13.6. The molecular formula is C18H16ClFN4O4. The fourth-order valence-electron chi connectivity index (χ4n) is 2.34. The third-order valence-corrected chi connectivity index (χ3v) is 3.88. The van der Waals surface area contributed by atoms with Crippen LogP contribution in [0.4, 0.5) is 15.8 Å². The van der Waals surface area contributed by atoms with E-state index < -0.39 is 29.4 Å². The largest absolute Gasteiger partial charge is 0.462 e. The molecule has 0 unspecified atom stereocenters. The van der Waals surface area contributed by atoms with Crippen molar-refractivity contribution in [1.29, 1.82) is 5.41 Å². The number of amides is 1. The number of esters is 1. The van der Waals surface area contributed by atoms with Crippen molar-refractivity contribution in [2.45, 2.75) is 6.92 Å². The Morgan fingerprint density at radius 1 is 1.39 bits per heavy atom. The number of nitrogens with one attached hydrogen (secondary N) is 2. The van der Waals surface area contributed by atoms with E-state index in [1.165, 1.54) is 6.07 Å². The number of aromatic nitrogens is 1. The zero-order chi connectivity index (χ0) is 20.8. The van der Waals surface area contributed by atoms with Crippen molar-refractivity contribution in [3.63, 3.8) is 0 Å². The SMILES string of the molecule is CCOC(=O)c1cnc(C(=O)c2ccc(F)c(N)c2C=N)c(NC(=O)CCl)c1. The molecule has 10 heteroatoms. The molecule has 2 aromatic rings. The molecule has 1 amide bonds. The summed E-state index contributed by atoms with van der Waals surface area (Å²) in [6.45, 7) is 1.75. The third-order valence-electron chi connectivity index (χ3n) is 3.63. The van der Waals surface area contributed by atoms with Gasteiger partial charge in [0.25, 0.3) is 0 Å². The van der Waals surface area contributed by atoms with Crippen molar-refractivity contribution in [2.75, 3.05) is 23.5 Å². The molecule has 0 spiro atoms. The summed E-state index contributed by atoms with van der Waals surface area (Å²) in [5.74, 6) is -3.24. The maximum absolute atomic E-state index is 13.6. The Morgan fingerprint density at radius 3 is 2.71 bits per heavy atom. The number of nitrogens with zero attached hydrogens (tertiary/aromatic N) is 1. The number of rotatable bonds is 7. The smallest absolute Gasteiger partial charge is 0.339 e. The van der Waals surface area contributed by atoms with Crippen LogP contribution in [0.3, 0.4) is 0 Å². The minimum Gasteiger partial charge on any atom is -0.462 e. The molecule has 0 saturated carbocycles. The zero-order valence-corrected chi connectivity index (χ0v) is 15.5. The molecule has 1 heterocycles. The first-order chi connectivity index (χ1) is 13.3. The highest BCUT2D eigenvalue weighted by Crippen LogP contribution is 2.25. The van der Waals surface area contributed by atoms with Gasteiger partial charge in [0.15, 0.2) is 0 Å². The predicted molar refractivity (Wildman–Crippen MR) is 102 cm³/mol. The van der Waals surface area contributed by atoms with Gasteiger partial charge in [0, 0.05) is 23.5 Å². The van der Waals surface area contributed by atoms with E-state index in [9.17, 15) is 18.8 Å². The van der Waals surface area contributed by atoms with Crippen LogP contribution >= 0.6 is 11.6 Å². The van der Waals surface area contributed by atoms with E-state index in [1.54, 1.807) is 6.92 Å². The van der Waals surface area contributed by atoms with Crippen molar-refractivity contribution in [2.24, 2.45) is 0 Å². The van der Waals surface area contributed by atoms with Crippen LogP contribution in [0, 0.1) is 11.2 Å². The van der Waals surface area contributed by atoms with E-state index in [0.29, 0.717) is 0 Å². The van der Waals surface area contributed by atoms with Crippen molar-refractivity contribution >= 4 is 46.9 Å². The molecular weight excluding hydrogens is 391 g/mol. The molecule has 146 valence electrons. The monoisotopic (exact) mass is 406 g/mol. The highest BCUT2D eigenvalue weighted by Gasteiger charge is 2.23. The van der Waals surface area contributed by atoms with Crippen LogP contribution in [0.15, 0.2) is 24.4 Å². The molecule has 1 aromatic heterocycles. The zero-order valence-electron chi connectivity index (χ0n) is 14.7. The number of ketones is 1. The first kappa shape index (κ1) is 21.0. The number of nitrogens with two attached hydrogens (primary N) is 1. The molecule has 0 aliphatic carbocycles. The van der Waals surface area contributed by atoms with Crippen molar-refractivity contribution in [3.8, 4) is 0 Å². The fraction of sp³-hybridized carbons (Fsp3) is 0.167. The first-order valence-corrected chi connectivity index (χ1v) is 8.53. The molecule has 2 rings (SSSR count). The molecule has 0 atom stereocenters. The number of nitrogen functional groups attached to an aromatic ring is 1. The van der Waals surface area contributed by atoms with Crippen LogP contribution in [-0.4, -0.2) is 41.3 Å². The van der Waals surface area contributed by atoms with Crippen molar-refractivity contribution in [3.05, 3.63) is 52.6 Å². The summed E-state index contributed by atoms with van der Waals surface area (Å²) < 4.78 is 18.5. The van der Waals surface area contributed by atoms with Crippen molar-refractivity contribution in [1.82, 2.24) is 4.98 Å². The average molecular weight is 407 g/mol. The molecule has 1 aromatic carbocycles. The lowest BCUT2D eigenvalue weighted by molar-refractivity contribution is -0.113. The number of carbonyl (C=O) groups excluding carboxylic acids is 3. The van der Waals surface area contributed by atoms with E-state index in [4.69, 9.17) is 27.5 Å². The van der Waals surface area contributed by atoms with Gasteiger partial charge in [-0.15, -0.1) is 11.6 Å². The van der Waals surface area contributed by atoms with E-state index in [1.807, 2.05) is 0 Å². The lowest BCUT2D eigenvalue weighted by Gasteiger charge is -2.13. The topological polar surface area (TPSA) is 135 Å². The van der Waals surface area contributed by atoms with Gasteiger partial charge >= 0.3 is 5.97 Å². The number of pyridine rings is 1. The Balaban J connectivity index is 2.59. The van der Waals surface area contributed by atoms with E-state index in [0.717, 1.165) is 24.5 Å². The Labute approximate surface area is 164 Å². The summed E-state index contributed by atoms with van der Waals surface area (Å²) >= 11 is 5.49. The van der Waals surface area contributed by atoms with Gasteiger partial charge in [-0.25, -0.2) is 14.2 Å². The number of ether oxygens (including phenoxy) is 1. The van der Waals surface area contributed by atoms with Gasteiger partial charge in [-0.3, -0.25) is 9.59 Å². The maximum Gasteiger partial charge on any atom is 0.339 e. The summed E-state index contributed by atoms with van der Waals surface area (Å²) in [7, 11) is 0. The summed E-state index contributed by atoms with van der Waals surface area (Å²) in [4.78, 5) is 40.5. The second kappa shape index (κ2) is 9.05. The van der Waals surface area contributed by atoms with Crippen molar-refractivity contribution < 1.29 is 23.5 Å². The van der Waals surface area contributed by atoms with Gasteiger partial charge in [0.05, 0.1) is 23.5 Å². The molecule has 0 aliphatic rings. The molecule has 0 saturated heterocycles. The predicted octanol–water partition coefficient (Wildman–Crippen LogP) is 2.39. The Hall–Kier alpha value is -3.33. The van der Waals surface area contributed by atoms with E-state index in [2.05, 4.69) is 10.3 Å². The third kappa shape index (κ3) is 4.32. The second-order valence-corrected chi connectivity index (χ2v) is 5.69. The lowest BCUT2D eigenvalue weighted by Crippen LogP contribution is -2.19. The quantitative estimate of drug-likeness (QED) is 0.212. The highest BCUT2D eigenvalue weighted by atomic mass is 35.5. The standard InChI is InChI=1S/C18H16ClFN4O4/c1-2-28-18(27)9-5-13(24-14(25)6-19)16(23-8-9)17(26)10-3-4-12(20)15(22)11(10)7-21/h3-5,7-8,21H,2,6,22H2,1H3,(H,24,25). The molecule has 0 fully saturated rings. The Kier molecular flexibility index (Phi) is 6.78.